The highest BCUT2D eigenvalue weighted by atomic mass is 16.7. The number of amides is 1. The van der Waals surface area contributed by atoms with Crippen LogP contribution < -0.4 is 10.8 Å². The Morgan fingerprint density at radius 2 is 1.79 bits per heavy atom. The standard InChI is InChI=1S/C29H33BN4O4/c1-28(2)29(3,4)38-30(37-28)24-12-15-31-26(18-24)33-25-11-10-23(19-32-25)22-13-16-34(17-14-22)27(35)36-20-21-8-6-5-7-9-21/h5-13,15,18-19H,14,16-17,20H2,1-4H3,(H,31,32,33). The van der Waals surface area contributed by atoms with E-state index in [2.05, 4.69) is 21.4 Å². The maximum Gasteiger partial charge on any atom is 0.495 e. The van der Waals surface area contributed by atoms with Crippen molar-refractivity contribution in [1.29, 1.82) is 0 Å². The molecule has 0 spiro atoms. The van der Waals surface area contributed by atoms with Gasteiger partial charge in [-0.25, -0.2) is 14.8 Å². The maximum absolute atomic E-state index is 12.4. The molecule has 1 aromatic carbocycles. The van der Waals surface area contributed by atoms with Gasteiger partial charge >= 0.3 is 13.2 Å². The van der Waals surface area contributed by atoms with Gasteiger partial charge < -0.3 is 24.3 Å². The zero-order chi connectivity index (χ0) is 26.8. The van der Waals surface area contributed by atoms with Crippen molar-refractivity contribution in [1.82, 2.24) is 14.9 Å². The highest BCUT2D eigenvalue weighted by Gasteiger charge is 2.51. The summed E-state index contributed by atoms with van der Waals surface area (Å²) < 4.78 is 17.8. The molecule has 0 saturated carbocycles. The fourth-order valence-electron chi connectivity index (χ4n) is 4.34. The zero-order valence-electron chi connectivity index (χ0n) is 22.3. The van der Waals surface area contributed by atoms with Gasteiger partial charge in [0, 0.05) is 25.5 Å². The molecule has 0 radical (unpaired) electrons. The van der Waals surface area contributed by atoms with E-state index in [0.29, 0.717) is 24.7 Å². The number of carbonyl (C=O) groups excluding carboxylic acids is 1. The molecule has 4 heterocycles. The Balaban J connectivity index is 1.17. The first kappa shape index (κ1) is 25.9. The molecule has 0 atom stereocenters. The van der Waals surface area contributed by atoms with Crippen LogP contribution in [0.25, 0.3) is 5.57 Å². The van der Waals surface area contributed by atoms with Crippen molar-refractivity contribution in [3.8, 4) is 0 Å². The molecule has 1 amide bonds. The third-order valence-electron chi connectivity index (χ3n) is 7.37. The lowest BCUT2D eigenvalue weighted by molar-refractivity contribution is 0.00578. The lowest BCUT2D eigenvalue weighted by Gasteiger charge is -2.32. The molecule has 1 fully saturated rings. The van der Waals surface area contributed by atoms with Gasteiger partial charge in [0.1, 0.15) is 18.2 Å². The third kappa shape index (κ3) is 5.74. The predicted molar refractivity (Wildman–Crippen MR) is 148 cm³/mol. The van der Waals surface area contributed by atoms with Crippen LogP contribution in [0.15, 0.2) is 73.1 Å². The third-order valence-corrected chi connectivity index (χ3v) is 7.37. The summed E-state index contributed by atoms with van der Waals surface area (Å²) in [4.78, 5) is 23.2. The molecule has 1 saturated heterocycles. The van der Waals surface area contributed by atoms with E-state index in [0.717, 1.165) is 28.6 Å². The van der Waals surface area contributed by atoms with Crippen molar-refractivity contribution >= 4 is 35.9 Å². The molecule has 2 aliphatic rings. The number of carbonyl (C=O) groups is 1. The van der Waals surface area contributed by atoms with E-state index in [9.17, 15) is 4.79 Å². The Kier molecular flexibility index (Phi) is 7.23. The minimum atomic E-state index is -0.452. The number of nitrogens with zero attached hydrogens (tertiary/aromatic N) is 3. The average molecular weight is 512 g/mol. The number of hydrogen-bond donors (Lipinski definition) is 1. The van der Waals surface area contributed by atoms with Crippen molar-refractivity contribution in [3.05, 3.63) is 84.2 Å². The van der Waals surface area contributed by atoms with Gasteiger partial charge in [-0.1, -0.05) is 36.4 Å². The highest BCUT2D eigenvalue weighted by molar-refractivity contribution is 6.62. The summed E-state index contributed by atoms with van der Waals surface area (Å²) in [6.07, 6.45) is 6.09. The van der Waals surface area contributed by atoms with E-state index in [1.54, 1.807) is 11.1 Å². The van der Waals surface area contributed by atoms with Crippen LogP contribution in [0.1, 0.15) is 45.2 Å². The van der Waals surface area contributed by atoms with Crippen molar-refractivity contribution in [2.24, 2.45) is 0 Å². The van der Waals surface area contributed by atoms with Crippen LogP contribution >= 0.6 is 0 Å². The normalized spacial score (nSPS) is 18.2. The van der Waals surface area contributed by atoms with Gasteiger partial charge in [-0.05, 0) is 80.5 Å². The van der Waals surface area contributed by atoms with E-state index < -0.39 is 18.3 Å². The van der Waals surface area contributed by atoms with Crippen LogP contribution in [0, 0.1) is 0 Å². The monoisotopic (exact) mass is 512 g/mol. The fourth-order valence-corrected chi connectivity index (χ4v) is 4.34. The second-order valence-corrected chi connectivity index (χ2v) is 10.6. The number of anilines is 2. The zero-order valence-corrected chi connectivity index (χ0v) is 22.3. The fraction of sp³-hybridized carbons (Fsp3) is 0.345. The number of rotatable bonds is 6. The van der Waals surface area contributed by atoms with E-state index in [1.807, 2.05) is 88.5 Å². The van der Waals surface area contributed by atoms with Gasteiger partial charge in [-0.15, -0.1) is 0 Å². The summed E-state index contributed by atoms with van der Waals surface area (Å²) in [5.41, 5.74) is 3.27. The first-order valence-corrected chi connectivity index (χ1v) is 12.9. The van der Waals surface area contributed by atoms with Crippen LogP contribution in [-0.4, -0.2) is 52.4 Å². The minimum Gasteiger partial charge on any atom is -0.445 e. The first-order chi connectivity index (χ1) is 18.2. The molecule has 1 N–H and O–H groups in total. The first-order valence-electron chi connectivity index (χ1n) is 12.9. The molecule has 3 aromatic rings. The number of aromatic nitrogens is 2. The summed E-state index contributed by atoms with van der Waals surface area (Å²) in [6.45, 7) is 9.55. The highest BCUT2D eigenvalue weighted by Crippen LogP contribution is 2.36. The van der Waals surface area contributed by atoms with E-state index in [4.69, 9.17) is 14.0 Å². The van der Waals surface area contributed by atoms with Gasteiger partial charge in [-0.2, -0.15) is 0 Å². The van der Waals surface area contributed by atoms with Gasteiger partial charge in [-0.3, -0.25) is 0 Å². The van der Waals surface area contributed by atoms with Crippen molar-refractivity contribution in [2.75, 3.05) is 18.4 Å². The molecule has 38 heavy (non-hydrogen) atoms. The second kappa shape index (κ2) is 10.6. The second-order valence-electron chi connectivity index (χ2n) is 10.6. The molecular formula is C29H33BN4O4. The van der Waals surface area contributed by atoms with Crippen LogP contribution in [0.2, 0.25) is 0 Å². The van der Waals surface area contributed by atoms with Gasteiger partial charge in [0.15, 0.2) is 0 Å². The van der Waals surface area contributed by atoms with Crippen LogP contribution in [0.4, 0.5) is 16.4 Å². The Morgan fingerprint density at radius 3 is 2.45 bits per heavy atom. The predicted octanol–water partition coefficient (Wildman–Crippen LogP) is 4.95. The van der Waals surface area contributed by atoms with Crippen molar-refractivity contribution in [3.63, 3.8) is 0 Å². The average Bonchev–Trinajstić information content (AvgIpc) is 3.15. The molecule has 0 unspecified atom stereocenters. The topological polar surface area (TPSA) is 85.8 Å². The number of ether oxygens (including phenoxy) is 1. The summed E-state index contributed by atoms with van der Waals surface area (Å²) in [5, 5.41) is 3.27. The summed E-state index contributed by atoms with van der Waals surface area (Å²) in [5.74, 6) is 1.36. The lowest BCUT2D eigenvalue weighted by atomic mass is 9.80. The van der Waals surface area contributed by atoms with Crippen LogP contribution in [-0.2, 0) is 20.7 Å². The van der Waals surface area contributed by atoms with Gasteiger partial charge in [0.05, 0.1) is 11.2 Å². The largest absolute Gasteiger partial charge is 0.495 e. The molecule has 0 bridgehead atoms. The smallest absolute Gasteiger partial charge is 0.445 e. The summed E-state index contributed by atoms with van der Waals surface area (Å²) >= 11 is 0. The lowest BCUT2D eigenvalue weighted by Crippen LogP contribution is -2.41. The van der Waals surface area contributed by atoms with Crippen molar-refractivity contribution < 1.29 is 18.8 Å². The Morgan fingerprint density at radius 1 is 1.03 bits per heavy atom. The molecule has 196 valence electrons. The molecule has 2 aromatic heterocycles. The molecule has 8 nitrogen and oxygen atoms in total. The maximum atomic E-state index is 12.4. The quantitative estimate of drug-likeness (QED) is 0.468. The van der Waals surface area contributed by atoms with E-state index >= 15 is 0 Å². The van der Waals surface area contributed by atoms with Crippen LogP contribution in [0.3, 0.4) is 0 Å². The number of benzene rings is 1. The summed E-state index contributed by atoms with van der Waals surface area (Å²) in [7, 11) is -0.452. The number of nitrogens with one attached hydrogen (secondary N) is 1. The number of pyridine rings is 2. The SMILES string of the molecule is CC1(C)OB(c2ccnc(Nc3ccc(C4=CCN(C(=O)OCc5ccccc5)CC4)cn3)c2)OC1(C)C. The molecule has 5 rings (SSSR count). The van der Waals surface area contributed by atoms with Crippen molar-refractivity contribution in [2.45, 2.75) is 51.9 Å². The Labute approximate surface area is 224 Å². The Bertz CT molecular complexity index is 1300. The summed E-state index contributed by atoms with van der Waals surface area (Å²) in [6, 6.07) is 17.5. The minimum absolute atomic E-state index is 0.277. The van der Waals surface area contributed by atoms with E-state index in [-0.39, 0.29) is 12.7 Å². The molecule has 2 aliphatic heterocycles. The van der Waals surface area contributed by atoms with E-state index in [1.165, 1.54) is 0 Å². The van der Waals surface area contributed by atoms with Gasteiger partial charge in [0.2, 0.25) is 0 Å². The molecular weight excluding hydrogens is 479 g/mol. The van der Waals surface area contributed by atoms with Gasteiger partial charge in [0.25, 0.3) is 0 Å². The molecule has 0 aliphatic carbocycles. The van der Waals surface area contributed by atoms with Crippen LogP contribution in [0.5, 0.6) is 0 Å². The molecule has 9 heteroatoms. The number of hydrogen-bond acceptors (Lipinski definition) is 7. The Hall–Kier alpha value is -3.69.